The molecule has 2 unspecified atom stereocenters. The molecule has 2 rings (SSSR count). The Morgan fingerprint density at radius 1 is 1.27 bits per heavy atom. The molecular weight excluding hydrogens is 278 g/mol. The lowest BCUT2D eigenvalue weighted by Gasteiger charge is -2.38. The summed E-state index contributed by atoms with van der Waals surface area (Å²) < 4.78 is 0. The molecule has 0 saturated carbocycles. The van der Waals surface area contributed by atoms with Gasteiger partial charge in [-0.05, 0) is 19.4 Å². The van der Waals surface area contributed by atoms with E-state index in [0.717, 1.165) is 18.7 Å². The molecule has 5 nitrogen and oxygen atoms in total. The number of benzene rings is 1. The highest BCUT2D eigenvalue weighted by Gasteiger charge is 2.27. The largest absolute Gasteiger partial charge is 0.355 e. The van der Waals surface area contributed by atoms with E-state index in [0.29, 0.717) is 25.4 Å². The number of rotatable bonds is 5. The van der Waals surface area contributed by atoms with Gasteiger partial charge >= 0.3 is 0 Å². The SMILES string of the molecule is CC1NCCN(C(=O)CCNC(=O)Cc2ccccc2)C1C. The van der Waals surface area contributed by atoms with Crippen molar-refractivity contribution in [2.24, 2.45) is 0 Å². The van der Waals surface area contributed by atoms with E-state index in [4.69, 9.17) is 0 Å². The van der Waals surface area contributed by atoms with Crippen LogP contribution >= 0.6 is 0 Å². The van der Waals surface area contributed by atoms with Gasteiger partial charge in [0, 0.05) is 38.1 Å². The van der Waals surface area contributed by atoms with Crippen molar-refractivity contribution in [3.8, 4) is 0 Å². The summed E-state index contributed by atoms with van der Waals surface area (Å²) in [4.78, 5) is 26.0. The van der Waals surface area contributed by atoms with Gasteiger partial charge in [0.05, 0.1) is 6.42 Å². The summed E-state index contributed by atoms with van der Waals surface area (Å²) in [6, 6.07) is 10.1. The van der Waals surface area contributed by atoms with Gasteiger partial charge in [-0.25, -0.2) is 0 Å². The highest BCUT2D eigenvalue weighted by Crippen LogP contribution is 2.10. The van der Waals surface area contributed by atoms with Crippen molar-refractivity contribution in [2.45, 2.75) is 38.8 Å². The Hall–Kier alpha value is -1.88. The van der Waals surface area contributed by atoms with Crippen LogP contribution in [0.25, 0.3) is 0 Å². The highest BCUT2D eigenvalue weighted by atomic mass is 16.2. The molecule has 0 radical (unpaired) electrons. The first-order chi connectivity index (χ1) is 10.6. The first-order valence-electron chi connectivity index (χ1n) is 7.91. The molecule has 22 heavy (non-hydrogen) atoms. The lowest BCUT2D eigenvalue weighted by Crippen LogP contribution is -2.57. The average Bonchev–Trinajstić information content (AvgIpc) is 2.51. The number of carbonyl (C=O) groups is 2. The predicted octanol–water partition coefficient (Wildman–Crippen LogP) is 0.944. The van der Waals surface area contributed by atoms with Crippen molar-refractivity contribution >= 4 is 11.8 Å². The van der Waals surface area contributed by atoms with Crippen molar-refractivity contribution < 1.29 is 9.59 Å². The molecule has 1 heterocycles. The van der Waals surface area contributed by atoms with Gasteiger partial charge in [0.15, 0.2) is 0 Å². The van der Waals surface area contributed by atoms with Crippen LogP contribution < -0.4 is 10.6 Å². The minimum absolute atomic E-state index is 0.0410. The van der Waals surface area contributed by atoms with Crippen LogP contribution in [0, 0.1) is 0 Å². The van der Waals surface area contributed by atoms with Crippen molar-refractivity contribution in [1.29, 1.82) is 0 Å². The van der Waals surface area contributed by atoms with Crippen LogP contribution in [-0.4, -0.2) is 48.4 Å². The van der Waals surface area contributed by atoms with Crippen LogP contribution in [0.1, 0.15) is 25.8 Å². The third-order valence-corrected chi connectivity index (χ3v) is 4.22. The van der Waals surface area contributed by atoms with E-state index in [1.54, 1.807) is 0 Å². The molecule has 1 fully saturated rings. The van der Waals surface area contributed by atoms with Gasteiger partial charge in [0.2, 0.25) is 11.8 Å². The molecule has 1 aliphatic rings. The van der Waals surface area contributed by atoms with Gasteiger partial charge in [-0.1, -0.05) is 30.3 Å². The zero-order valence-electron chi connectivity index (χ0n) is 13.3. The van der Waals surface area contributed by atoms with Gasteiger partial charge in [-0.3, -0.25) is 9.59 Å². The Morgan fingerprint density at radius 3 is 2.73 bits per heavy atom. The van der Waals surface area contributed by atoms with Crippen LogP contribution in [-0.2, 0) is 16.0 Å². The van der Waals surface area contributed by atoms with E-state index in [1.807, 2.05) is 35.2 Å². The Labute approximate surface area is 132 Å². The van der Waals surface area contributed by atoms with E-state index in [2.05, 4.69) is 24.5 Å². The van der Waals surface area contributed by atoms with E-state index in [1.165, 1.54) is 0 Å². The fraction of sp³-hybridized carbons (Fsp3) is 0.529. The molecule has 1 aliphatic heterocycles. The summed E-state index contributed by atoms with van der Waals surface area (Å²) >= 11 is 0. The fourth-order valence-electron chi connectivity index (χ4n) is 2.70. The number of nitrogens with zero attached hydrogens (tertiary/aromatic N) is 1. The minimum atomic E-state index is -0.0410. The number of carbonyl (C=O) groups excluding carboxylic acids is 2. The number of amides is 2. The molecule has 1 aromatic carbocycles. The van der Waals surface area contributed by atoms with Crippen LogP contribution in [0.3, 0.4) is 0 Å². The molecule has 0 bridgehead atoms. The molecule has 0 aromatic heterocycles. The molecule has 2 amide bonds. The maximum Gasteiger partial charge on any atom is 0.224 e. The molecular formula is C17H25N3O2. The maximum absolute atomic E-state index is 12.2. The molecule has 1 aromatic rings. The third kappa shape index (κ3) is 4.56. The van der Waals surface area contributed by atoms with Gasteiger partial charge < -0.3 is 15.5 Å². The van der Waals surface area contributed by atoms with Crippen molar-refractivity contribution in [3.05, 3.63) is 35.9 Å². The Kier molecular flexibility index (Phi) is 5.95. The topological polar surface area (TPSA) is 61.4 Å². The Balaban J connectivity index is 1.71. The number of piperazine rings is 1. The minimum Gasteiger partial charge on any atom is -0.355 e. The van der Waals surface area contributed by atoms with Crippen LogP contribution in [0.2, 0.25) is 0 Å². The van der Waals surface area contributed by atoms with E-state index < -0.39 is 0 Å². The Morgan fingerprint density at radius 2 is 2.00 bits per heavy atom. The van der Waals surface area contributed by atoms with Gasteiger partial charge in [-0.15, -0.1) is 0 Å². The third-order valence-electron chi connectivity index (χ3n) is 4.22. The molecule has 2 N–H and O–H groups in total. The number of hydrogen-bond donors (Lipinski definition) is 2. The van der Waals surface area contributed by atoms with Gasteiger partial charge in [0.1, 0.15) is 0 Å². The first kappa shape index (κ1) is 16.5. The molecule has 5 heteroatoms. The molecule has 120 valence electrons. The molecule has 1 saturated heterocycles. The van der Waals surface area contributed by atoms with Gasteiger partial charge in [-0.2, -0.15) is 0 Å². The van der Waals surface area contributed by atoms with E-state index in [9.17, 15) is 9.59 Å². The summed E-state index contributed by atoms with van der Waals surface area (Å²) in [6.07, 6.45) is 0.716. The highest BCUT2D eigenvalue weighted by molar-refractivity contribution is 5.80. The summed E-state index contributed by atoms with van der Waals surface area (Å²) in [6.45, 7) is 6.11. The lowest BCUT2D eigenvalue weighted by atomic mass is 10.1. The summed E-state index contributed by atoms with van der Waals surface area (Å²) in [7, 11) is 0. The summed E-state index contributed by atoms with van der Waals surface area (Å²) in [5.74, 6) is 0.0709. The monoisotopic (exact) mass is 303 g/mol. The molecule has 2 atom stereocenters. The van der Waals surface area contributed by atoms with Crippen molar-refractivity contribution in [1.82, 2.24) is 15.5 Å². The number of hydrogen-bond acceptors (Lipinski definition) is 3. The van der Waals surface area contributed by atoms with Crippen molar-refractivity contribution in [3.63, 3.8) is 0 Å². The van der Waals surface area contributed by atoms with Crippen molar-refractivity contribution in [2.75, 3.05) is 19.6 Å². The lowest BCUT2D eigenvalue weighted by molar-refractivity contribution is -0.134. The van der Waals surface area contributed by atoms with Crippen LogP contribution in [0.5, 0.6) is 0 Å². The second-order valence-electron chi connectivity index (χ2n) is 5.83. The standard InChI is InChI=1S/C17H25N3O2/c1-13-14(2)20(11-10-18-13)17(22)8-9-19-16(21)12-15-6-4-3-5-7-15/h3-7,13-14,18H,8-12H2,1-2H3,(H,19,21). The second kappa shape index (κ2) is 7.94. The fourth-order valence-corrected chi connectivity index (χ4v) is 2.70. The summed E-state index contributed by atoms with van der Waals surface area (Å²) in [5.41, 5.74) is 0.982. The molecule has 0 aliphatic carbocycles. The average molecular weight is 303 g/mol. The van der Waals surface area contributed by atoms with Crippen LogP contribution in [0.4, 0.5) is 0 Å². The van der Waals surface area contributed by atoms with E-state index >= 15 is 0 Å². The zero-order chi connectivity index (χ0) is 15.9. The Bertz CT molecular complexity index is 504. The smallest absolute Gasteiger partial charge is 0.224 e. The maximum atomic E-state index is 12.2. The number of nitrogens with one attached hydrogen (secondary N) is 2. The normalized spacial score (nSPS) is 21.5. The zero-order valence-corrected chi connectivity index (χ0v) is 13.3. The second-order valence-corrected chi connectivity index (χ2v) is 5.83. The van der Waals surface area contributed by atoms with Crippen LogP contribution in [0.15, 0.2) is 30.3 Å². The predicted molar refractivity (Wildman–Crippen MR) is 86.4 cm³/mol. The summed E-state index contributed by atoms with van der Waals surface area (Å²) in [5, 5.41) is 6.18. The van der Waals surface area contributed by atoms with Gasteiger partial charge in [0.25, 0.3) is 0 Å². The first-order valence-corrected chi connectivity index (χ1v) is 7.91. The molecule has 0 spiro atoms. The van der Waals surface area contributed by atoms with E-state index in [-0.39, 0.29) is 17.9 Å². The quantitative estimate of drug-likeness (QED) is 0.851.